The largest absolute Gasteiger partial charge is 0.283 e. The number of pyridine rings is 2. The second kappa shape index (κ2) is 6.50. The third-order valence-corrected chi connectivity index (χ3v) is 5.34. The van der Waals surface area contributed by atoms with Gasteiger partial charge in [0.05, 0.1) is 11.1 Å². The van der Waals surface area contributed by atoms with Crippen molar-refractivity contribution < 1.29 is 0 Å². The number of fused-ring (bicyclic) bond motifs is 3. The van der Waals surface area contributed by atoms with Crippen LogP contribution in [0.25, 0.3) is 38.5 Å². The predicted molar refractivity (Wildman–Crippen MR) is 117 cm³/mol. The normalized spacial score (nSPS) is 11.2. The lowest BCUT2D eigenvalue weighted by atomic mass is 9.94. The molecule has 2 aromatic heterocycles. The highest BCUT2D eigenvalue weighted by atomic mass is 16.1. The van der Waals surface area contributed by atoms with E-state index in [1.807, 2.05) is 66.9 Å². The Morgan fingerprint density at radius 3 is 1.93 bits per heavy atom. The van der Waals surface area contributed by atoms with E-state index >= 15 is 0 Å². The van der Waals surface area contributed by atoms with Gasteiger partial charge in [0.2, 0.25) is 0 Å². The van der Waals surface area contributed by atoms with Crippen molar-refractivity contribution in [3.05, 3.63) is 113 Å². The van der Waals surface area contributed by atoms with Crippen LogP contribution in [-0.4, -0.2) is 4.40 Å². The maximum Gasteiger partial charge on any atom is 0.263 e. The van der Waals surface area contributed by atoms with Gasteiger partial charge in [-0.2, -0.15) is 0 Å². The van der Waals surface area contributed by atoms with E-state index in [4.69, 9.17) is 0 Å². The van der Waals surface area contributed by atoms with Crippen LogP contribution in [0, 0.1) is 6.92 Å². The Labute approximate surface area is 163 Å². The molecule has 0 amide bonds. The lowest BCUT2D eigenvalue weighted by Gasteiger charge is -2.15. The molecule has 0 aliphatic carbocycles. The summed E-state index contributed by atoms with van der Waals surface area (Å²) >= 11 is 0. The van der Waals surface area contributed by atoms with Gasteiger partial charge in [0.25, 0.3) is 5.56 Å². The lowest BCUT2D eigenvalue weighted by molar-refractivity contribution is 1.09. The van der Waals surface area contributed by atoms with Crippen molar-refractivity contribution in [3.63, 3.8) is 0 Å². The number of aromatic nitrogens is 1. The maximum absolute atomic E-state index is 13.7. The summed E-state index contributed by atoms with van der Waals surface area (Å²) in [5.74, 6) is 0. The van der Waals surface area contributed by atoms with Gasteiger partial charge in [-0.25, -0.2) is 0 Å². The van der Waals surface area contributed by atoms with Crippen LogP contribution < -0.4 is 5.56 Å². The van der Waals surface area contributed by atoms with Gasteiger partial charge < -0.3 is 0 Å². The van der Waals surface area contributed by atoms with E-state index in [2.05, 4.69) is 37.3 Å². The molecule has 134 valence electrons. The van der Waals surface area contributed by atoms with Gasteiger partial charge >= 0.3 is 0 Å². The van der Waals surface area contributed by atoms with Crippen molar-refractivity contribution in [1.82, 2.24) is 4.40 Å². The first kappa shape index (κ1) is 16.5. The highest BCUT2D eigenvalue weighted by Gasteiger charge is 2.16. The minimum Gasteiger partial charge on any atom is -0.283 e. The Morgan fingerprint density at radius 2 is 1.25 bits per heavy atom. The second-order valence-electron chi connectivity index (χ2n) is 7.08. The number of aryl methyl sites for hydroxylation is 1. The zero-order chi connectivity index (χ0) is 19.1. The van der Waals surface area contributed by atoms with E-state index in [1.165, 1.54) is 5.39 Å². The Morgan fingerprint density at radius 1 is 0.679 bits per heavy atom. The van der Waals surface area contributed by atoms with Crippen LogP contribution in [0.4, 0.5) is 0 Å². The zero-order valence-electron chi connectivity index (χ0n) is 15.6. The van der Waals surface area contributed by atoms with Gasteiger partial charge in [-0.3, -0.25) is 9.20 Å². The van der Waals surface area contributed by atoms with E-state index < -0.39 is 0 Å². The highest BCUT2D eigenvalue weighted by Crippen LogP contribution is 2.33. The third-order valence-electron chi connectivity index (χ3n) is 5.34. The molecule has 0 fully saturated rings. The summed E-state index contributed by atoms with van der Waals surface area (Å²) in [4.78, 5) is 13.7. The molecule has 0 unspecified atom stereocenters. The monoisotopic (exact) mass is 361 g/mol. The Hall–Kier alpha value is -3.65. The van der Waals surface area contributed by atoms with E-state index in [-0.39, 0.29) is 5.56 Å². The first-order valence-corrected chi connectivity index (χ1v) is 9.42. The molecule has 0 atom stereocenters. The van der Waals surface area contributed by atoms with Crippen LogP contribution in [-0.2, 0) is 0 Å². The molecule has 28 heavy (non-hydrogen) atoms. The van der Waals surface area contributed by atoms with Gasteiger partial charge in [-0.05, 0) is 40.6 Å². The summed E-state index contributed by atoms with van der Waals surface area (Å²) in [5, 5.41) is 2.27. The Balaban J connectivity index is 1.99. The van der Waals surface area contributed by atoms with Gasteiger partial charge in [-0.1, -0.05) is 84.9 Å². The van der Waals surface area contributed by atoms with Crippen molar-refractivity contribution >= 4 is 16.3 Å². The summed E-state index contributed by atoms with van der Waals surface area (Å²) in [5.41, 5.74) is 5.72. The molecule has 2 heteroatoms. The second-order valence-corrected chi connectivity index (χ2v) is 7.08. The summed E-state index contributed by atoms with van der Waals surface area (Å²) in [6.45, 7) is 2.06. The molecule has 0 aliphatic heterocycles. The highest BCUT2D eigenvalue weighted by molar-refractivity contribution is 6.00. The molecule has 0 saturated heterocycles. The van der Waals surface area contributed by atoms with Crippen LogP contribution in [0.1, 0.15) is 5.56 Å². The van der Waals surface area contributed by atoms with E-state index in [1.54, 1.807) is 4.40 Å². The maximum atomic E-state index is 13.7. The summed E-state index contributed by atoms with van der Waals surface area (Å²) in [7, 11) is 0. The smallest absolute Gasteiger partial charge is 0.263 e. The van der Waals surface area contributed by atoms with Crippen LogP contribution in [0.5, 0.6) is 0 Å². The van der Waals surface area contributed by atoms with Gasteiger partial charge in [0, 0.05) is 11.6 Å². The fourth-order valence-electron chi connectivity index (χ4n) is 4.00. The molecular weight excluding hydrogens is 342 g/mol. The summed E-state index contributed by atoms with van der Waals surface area (Å²) < 4.78 is 1.80. The minimum absolute atomic E-state index is 0.0106. The van der Waals surface area contributed by atoms with E-state index in [0.717, 1.165) is 38.7 Å². The van der Waals surface area contributed by atoms with Crippen LogP contribution in [0.3, 0.4) is 0 Å². The summed E-state index contributed by atoms with van der Waals surface area (Å²) in [6.07, 6.45) is 1.96. The van der Waals surface area contributed by atoms with Crippen molar-refractivity contribution in [2.75, 3.05) is 0 Å². The third kappa shape index (κ3) is 2.54. The molecule has 0 N–H and O–H groups in total. The molecule has 2 heterocycles. The Kier molecular flexibility index (Phi) is 3.84. The molecule has 2 nitrogen and oxygen atoms in total. The van der Waals surface area contributed by atoms with Crippen LogP contribution in [0.15, 0.2) is 102 Å². The van der Waals surface area contributed by atoms with Gasteiger partial charge in [0.15, 0.2) is 0 Å². The SMILES string of the molecule is Cc1cn2c(=O)c(-c3ccccc3)c(-c3ccccc3)cc2c2ccccc12. The number of hydrogen-bond acceptors (Lipinski definition) is 1. The number of nitrogens with zero attached hydrogens (tertiary/aromatic N) is 1. The van der Waals surface area contributed by atoms with Crippen molar-refractivity contribution in [1.29, 1.82) is 0 Å². The number of benzene rings is 3. The molecule has 0 radical (unpaired) electrons. The predicted octanol–water partition coefficient (Wildman–Crippen LogP) is 6.10. The zero-order valence-corrected chi connectivity index (χ0v) is 15.6. The first-order valence-electron chi connectivity index (χ1n) is 9.42. The fraction of sp³-hybridized carbons (Fsp3) is 0.0385. The van der Waals surface area contributed by atoms with Crippen LogP contribution >= 0.6 is 0 Å². The van der Waals surface area contributed by atoms with Crippen LogP contribution in [0.2, 0.25) is 0 Å². The molecule has 0 spiro atoms. The van der Waals surface area contributed by atoms with E-state index in [0.29, 0.717) is 0 Å². The standard InChI is InChI=1S/C26H19NO/c1-18-17-27-24(22-15-9-8-14-21(18)22)16-23(19-10-4-2-5-11-19)25(26(27)28)20-12-6-3-7-13-20/h2-17H,1H3. The fourth-order valence-corrected chi connectivity index (χ4v) is 4.00. The molecule has 3 aromatic carbocycles. The van der Waals surface area contributed by atoms with Gasteiger partial charge in [-0.15, -0.1) is 0 Å². The molecule has 0 aliphatic rings. The first-order chi connectivity index (χ1) is 13.7. The minimum atomic E-state index is 0.0106. The lowest BCUT2D eigenvalue weighted by Crippen LogP contribution is -2.17. The molecule has 5 rings (SSSR count). The molecule has 0 bridgehead atoms. The quantitative estimate of drug-likeness (QED) is 0.348. The van der Waals surface area contributed by atoms with Crippen molar-refractivity contribution in [3.8, 4) is 22.3 Å². The van der Waals surface area contributed by atoms with E-state index in [9.17, 15) is 4.79 Å². The summed E-state index contributed by atoms with van der Waals surface area (Å²) in [6, 6.07) is 30.5. The average molecular weight is 361 g/mol. The molecular formula is C26H19NO. The topological polar surface area (TPSA) is 21.5 Å². The Bertz CT molecular complexity index is 1370. The molecule has 5 aromatic rings. The average Bonchev–Trinajstić information content (AvgIpc) is 2.76. The van der Waals surface area contributed by atoms with Gasteiger partial charge in [0.1, 0.15) is 0 Å². The van der Waals surface area contributed by atoms with Crippen molar-refractivity contribution in [2.24, 2.45) is 0 Å². The number of rotatable bonds is 2. The molecule has 0 saturated carbocycles. The van der Waals surface area contributed by atoms with Crippen molar-refractivity contribution in [2.45, 2.75) is 6.92 Å². The number of hydrogen-bond donors (Lipinski definition) is 0.